The van der Waals surface area contributed by atoms with Crippen LogP contribution in [0.3, 0.4) is 0 Å². The first-order valence-corrected chi connectivity index (χ1v) is 7.56. The van der Waals surface area contributed by atoms with Gasteiger partial charge in [-0.1, -0.05) is 36.3 Å². The normalized spacial score (nSPS) is 20.9. The second-order valence-electron chi connectivity index (χ2n) is 6.14. The van der Waals surface area contributed by atoms with E-state index in [-0.39, 0.29) is 0 Å². The number of likely N-dealkylation sites (tertiary alicyclic amines) is 1. The minimum absolute atomic E-state index is 0.583. The molecule has 2 heteroatoms. The lowest BCUT2D eigenvalue weighted by molar-refractivity contribution is -0.914. The Balaban J connectivity index is 2.12. The fourth-order valence-electron chi connectivity index (χ4n) is 3.21. The second kappa shape index (κ2) is 6.43. The molecule has 1 atom stereocenters. The van der Waals surface area contributed by atoms with E-state index in [1.807, 2.05) is 18.2 Å². The number of piperidine rings is 1. The van der Waals surface area contributed by atoms with Gasteiger partial charge in [-0.05, 0) is 24.8 Å². The topological polar surface area (TPSA) is 9.23 Å². The largest absolute Gasteiger partial charge is 0.361 e. The van der Waals surface area contributed by atoms with Gasteiger partial charge < -0.3 is 9.22 Å². The van der Waals surface area contributed by atoms with Gasteiger partial charge in [0.2, 0.25) is 0 Å². The van der Waals surface area contributed by atoms with Crippen LogP contribution < -0.4 is 0 Å². The summed E-state index contributed by atoms with van der Waals surface area (Å²) in [5, 5.41) is 0. The van der Waals surface area contributed by atoms with Crippen molar-refractivity contribution in [1.82, 2.24) is 0 Å². The predicted molar refractivity (Wildman–Crippen MR) is 83.2 cm³/mol. The first-order valence-electron chi connectivity index (χ1n) is 7.56. The Bertz CT molecular complexity index is 456. The Morgan fingerprint density at radius 2 is 1.85 bits per heavy atom. The third-order valence-electron chi connectivity index (χ3n) is 4.72. The molecule has 0 amide bonds. The molecule has 20 heavy (non-hydrogen) atoms. The summed E-state index contributed by atoms with van der Waals surface area (Å²) in [4.78, 5) is 0. The maximum atomic E-state index is 5.83. The van der Waals surface area contributed by atoms with Crippen molar-refractivity contribution in [1.29, 1.82) is 0 Å². The molecule has 1 aromatic carbocycles. The molecule has 1 aliphatic rings. The van der Waals surface area contributed by atoms with Crippen LogP contribution in [0.1, 0.15) is 31.2 Å². The number of benzene rings is 1. The Morgan fingerprint density at radius 3 is 2.40 bits per heavy atom. The lowest BCUT2D eigenvalue weighted by atomic mass is 9.90. The van der Waals surface area contributed by atoms with E-state index in [4.69, 9.17) is 11.2 Å². The number of hydrogen-bond acceptors (Lipinski definition) is 1. The van der Waals surface area contributed by atoms with Crippen LogP contribution in [0.15, 0.2) is 30.3 Å². The number of methoxy groups -OCH3 is 1. The maximum Gasteiger partial charge on any atom is 0.158 e. The lowest BCUT2D eigenvalue weighted by Crippen LogP contribution is -2.50. The van der Waals surface area contributed by atoms with Crippen molar-refractivity contribution in [2.75, 3.05) is 33.8 Å². The van der Waals surface area contributed by atoms with E-state index in [1.165, 1.54) is 32.4 Å². The van der Waals surface area contributed by atoms with Gasteiger partial charge in [-0.15, -0.1) is 6.42 Å². The summed E-state index contributed by atoms with van der Waals surface area (Å²) in [7, 11) is 4.07. The number of quaternary nitrogens is 1. The Kier molecular flexibility index (Phi) is 4.86. The van der Waals surface area contributed by atoms with Crippen LogP contribution in [0.5, 0.6) is 0 Å². The van der Waals surface area contributed by atoms with Crippen molar-refractivity contribution >= 4 is 0 Å². The summed E-state index contributed by atoms with van der Waals surface area (Å²) in [5.74, 6) is 2.91. The van der Waals surface area contributed by atoms with Crippen molar-refractivity contribution in [3.63, 3.8) is 0 Å². The van der Waals surface area contributed by atoms with Gasteiger partial charge in [-0.3, -0.25) is 0 Å². The maximum absolute atomic E-state index is 5.83. The van der Waals surface area contributed by atoms with Gasteiger partial charge >= 0.3 is 0 Å². The van der Waals surface area contributed by atoms with Crippen LogP contribution in [-0.2, 0) is 10.3 Å². The summed E-state index contributed by atoms with van der Waals surface area (Å²) in [6, 6.07) is 10.2. The van der Waals surface area contributed by atoms with Crippen LogP contribution in [0.2, 0.25) is 0 Å². The zero-order chi connectivity index (χ0) is 14.5. The summed E-state index contributed by atoms with van der Waals surface area (Å²) in [6.07, 6.45) is 10.7. The fourth-order valence-corrected chi connectivity index (χ4v) is 3.21. The lowest BCUT2D eigenvalue weighted by Gasteiger charge is -2.40. The highest BCUT2D eigenvalue weighted by Crippen LogP contribution is 2.30. The monoisotopic (exact) mass is 272 g/mol. The Morgan fingerprint density at radius 1 is 1.20 bits per heavy atom. The molecule has 0 N–H and O–H groups in total. The van der Waals surface area contributed by atoms with E-state index in [0.717, 1.165) is 23.0 Å². The van der Waals surface area contributed by atoms with E-state index in [1.54, 1.807) is 7.11 Å². The highest BCUT2D eigenvalue weighted by molar-refractivity contribution is 5.30. The molecule has 1 aliphatic heterocycles. The molecule has 0 aliphatic carbocycles. The zero-order valence-corrected chi connectivity index (χ0v) is 12.8. The molecule has 0 radical (unpaired) electrons. The van der Waals surface area contributed by atoms with Crippen molar-refractivity contribution in [2.45, 2.75) is 31.3 Å². The van der Waals surface area contributed by atoms with E-state index in [0.29, 0.717) is 0 Å². The van der Waals surface area contributed by atoms with Crippen molar-refractivity contribution in [2.24, 2.45) is 0 Å². The van der Waals surface area contributed by atoms with Crippen LogP contribution in [-0.4, -0.2) is 38.3 Å². The van der Waals surface area contributed by atoms with Gasteiger partial charge in [0.05, 0.1) is 26.7 Å². The minimum atomic E-state index is -0.583. The first-order chi connectivity index (χ1) is 9.64. The second-order valence-corrected chi connectivity index (χ2v) is 6.14. The van der Waals surface area contributed by atoms with Crippen LogP contribution in [0.25, 0.3) is 0 Å². The van der Waals surface area contributed by atoms with Crippen LogP contribution in [0, 0.1) is 12.3 Å². The highest BCUT2D eigenvalue weighted by Gasteiger charge is 2.34. The molecule has 1 aromatic rings. The molecule has 0 spiro atoms. The summed E-state index contributed by atoms with van der Waals surface area (Å²) < 4.78 is 6.89. The van der Waals surface area contributed by atoms with Gasteiger partial charge in [-0.2, -0.15) is 0 Å². The number of ether oxygens (including phenoxy) is 1. The number of nitrogens with zero attached hydrogens (tertiary/aromatic N) is 1. The smallest absolute Gasteiger partial charge is 0.158 e. The summed E-state index contributed by atoms with van der Waals surface area (Å²) >= 11 is 0. The molecular weight excluding hydrogens is 246 g/mol. The SMILES string of the molecule is C#C[C@@](CC[N+]1(C)CCCCC1)(OC)c1ccccc1. The quantitative estimate of drug-likeness (QED) is 0.591. The molecule has 0 bridgehead atoms. The number of rotatable bonds is 5. The fraction of sp³-hybridized carbons (Fsp3) is 0.556. The standard InChI is InChI=1S/C18H26NO/c1-4-18(20-3,17-11-7-5-8-12-17)13-16-19(2)14-9-6-10-15-19/h1,5,7-8,11-12H,6,9-10,13-16H2,2-3H3/q+1/t18-/m0/s1. The van der Waals surface area contributed by atoms with E-state index in [2.05, 4.69) is 25.1 Å². The number of terminal acetylenes is 1. The predicted octanol–water partition coefficient (Wildman–Crippen LogP) is 3.18. The van der Waals surface area contributed by atoms with Gasteiger partial charge in [-0.25, -0.2) is 0 Å². The molecule has 108 valence electrons. The highest BCUT2D eigenvalue weighted by atomic mass is 16.5. The van der Waals surface area contributed by atoms with E-state index in [9.17, 15) is 0 Å². The van der Waals surface area contributed by atoms with E-state index < -0.39 is 5.60 Å². The Labute approximate surface area is 123 Å². The molecule has 0 aromatic heterocycles. The van der Waals surface area contributed by atoms with Crippen LogP contribution >= 0.6 is 0 Å². The van der Waals surface area contributed by atoms with Gasteiger partial charge in [0.15, 0.2) is 5.60 Å². The summed E-state index contributed by atoms with van der Waals surface area (Å²) in [6.45, 7) is 3.60. The molecule has 0 unspecified atom stereocenters. The average Bonchev–Trinajstić information content (AvgIpc) is 2.51. The molecular formula is C18H26NO+. The third-order valence-corrected chi connectivity index (χ3v) is 4.72. The zero-order valence-electron chi connectivity index (χ0n) is 12.8. The Hall–Kier alpha value is -1.30. The average molecular weight is 272 g/mol. The molecule has 0 saturated carbocycles. The van der Waals surface area contributed by atoms with Crippen molar-refractivity contribution < 1.29 is 9.22 Å². The molecule has 1 heterocycles. The van der Waals surface area contributed by atoms with Crippen LogP contribution in [0.4, 0.5) is 0 Å². The minimum Gasteiger partial charge on any atom is -0.361 e. The third kappa shape index (κ3) is 3.23. The van der Waals surface area contributed by atoms with Gasteiger partial charge in [0.25, 0.3) is 0 Å². The van der Waals surface area contributed by atoms with Gasteiger partial charge in [0, 0.05) is 13.5 Å². The van der Waals surface area contributed by atoms with Gasteiger partial charge in [0.1, 0.15) is 0 Å². The van der Waals surface area contributed by atoms with Crippen molar-refractivity contribution in [3.05, 3.63) is 35.9 Å². The number of hydrogen-bond donors (Lipinski definition) is 0. The first kappa shape index (κ1) is 15.1. The summed E-state index contributed by atoms with van der Waals surface area (Å²) in [5.41, 5.74) is 0.508. The molecule has 1 fully saturated rings. The molecule has 2 rings (SSSR count). The van der Waals surface area contributed by atoms with Crippen molar-refractivity contribution in [3.8, 4) is 12.3 Å². The van der Waals surface area contributed by atoms with E-state index >= 15 is 0 Å². The molecule has 1 saturated heterocycles. The molecule has 2 nitrogen and oxygen atoms in total.